The van der Waals surface area contributed by atoms with Crippen LogP contribution in [0.5, 0.6) is 5.75 Å². The van der Waals surface area contributed by atoms with Crippen molar-refractivity contribution in [2.45, 2.75) is 37.6 Å². The number of phenols is 1. The lowest BCUT2D eigenvalue weighted by Crippen LogP contribution is -2.46. The van der Waals surface area contributed by atoms with Crippen molar-refractivity contribution in [3.05, 3.63) is 59.7 Å². The first kappa shape index (κ1) is 19.9. The summed E-state index contributed by atoms with van der Waals surface area (Å²) in [5.41, 5.74) is 1.56. The molecular weight excluding hydrogens is 354 g/mol. The molecule has 0 unspecified atom stereocenters. The van der Waals surface area contributed by atoms with Crippen LogP contribution in [0.1, 0.15) is 24.5 Å². The molecule has 2 N–H and O–H groups in total. The van der Waals surface area contributed by atoms with E-state index >= 15 is 0 Å². The van der Waals surface area contributed by atoms with Gasteiger partial charge in [0.25, 0.3) is 0 Å². The molecular formula is C19H23NO5S. The number of benzene rings is 2. The van der Waals surface area contributed by atoms with Gasteiger partial charge in [-0.2, -0.15) is 4.31 Å². The first-order valence-corrected chi connectivity index (χ1v) is 9.79. The molecule has 140 valence electrons. The number of phenolic OH excluding ortho intramolecular Hbond substituents is 1. The Balaban J connectivity index is 2.41. The highest BCUT2D eigenvalue weighted by molar-refractivity contribution is 7.89. The molecule has 0 bridgehead atoms. The van der Waals surface area contributed by atoms with E-state index in [1.807, 2.05) is 6.92 Å². The standard InChI is InChI=1S/C19H23NO5S/c1-3-12-20(26(24,25)17-10-4-14(2)5-11-17)18(19(22)23)13-15-6-8-16(21)9-7-15/h4-11,18,21H,3,12-13H2,1-2H3,(H,22,23)/t18-/m0/s1. The molecule has 6 nitrogen and oxygen atoms in total. The van der Waals surface area contributed by atoms with Crippen LogP contribution in [0.4, 0.5) is 0 Å². The van der Waals surface area contributed by atoms with E-state index in [2.05, 4.69) is 0 Å². The fraction of sp³-hybridized carbons (Fsp3) is 0.316. The maximum Gasteiger partial charge on any atom is 0.322 e. The zero-order valence-electron chi connectivity index (χ0n) is 14.8. The van der Waals surface area contributed by atoms with Crippen LogP contribution in [-0.4, -0.2) is 41.5 Å². The van der Waals surface area contributed by atoms with Crippen LogP contribution < -0.4 is 0 Å². The average molecular weight is 377 g/mol. The number of sulfonamides is 1. The van der Waals surface area contributed by atoms with Crippen molar-refractivity contribution in [2.24, 2.45) is 0 Å². The second-order valence-corrected chi connectivity index (χ2v) is 8.04. The van der Waals surface area contributed by atoms with Gasteiger partial charge in [0, 0.05) is 6.54 Å². The second-order valence-electron chi connectivity index (χ2n) is 6.15. The highest BCUT2D eigenvalue weighted by atomic mass is 32.2. The summed E-state index contributed by atoms with van der Waals surface area (Å²) in [5, 5.41) is 19.1. The molecule has 1 atom stereocenters. The number of hydrogen-bond acceptors (Lipinski definition) is 4. The third-order valence-corrected chi connectivity index (χ3v) is 5.99. The monoisotopic (exact) mass is 377 g/mol. The van der Waals surface area contributed by atoms with E-state index in [1.165, 1.54) is 24.3 Å². The minimum atomic E-state index is -3.95. The van der Waals surface area contributed by atoms with Crippen LogP contribution in [0.2, 0.25) is 0 Å². The summed E-state index contributed by atoms with van der Waals surface area (Å²) < 4.78 is 27.1. The Morgan fingerprint density at radius 1 is 1.08 bits per heavy atom. The first-order valence-electron chi connectivity index (χ1n) is 8.35. The predicted molar refractivity (Wildman–Crippen MR) is 98.6 cm³/mol. The van der Waals surface area contributed by atoms with Gasteiger partial charge in [-0.05, 0) is 49.6 Å². The zero-order chi connectivity index (χ0) is 19.3. The summed E-state index contributed by atoms with van der Waals surface area (Å²) in [6.07, 6.45) is 0.505. The van der Waals surface area contributed by atoms with E-state index in [1.54, 1.807) is 31.2 Å². The van der Waals surface area contributed by atoms with Gasteiger partial charge in [0.1, 0.15) is 11.8 Å². The molecule has 0 aliphatic heterocycles. The number of carbonyl (C=O) groups is 1. The maximum atomic E-state index is 13.0. The van der Waals surface area contributed by atoms with Crippen LogP contribution in [-0.2, 0) is 21.2 Å². The van der Waals surface area contributed by atoms with E-state index in [0.29, 0.717) is 12.0 Å². The molecule has 2 rings (SSSR count). The Morgan fingerprint density at radius 2 is 1.65 bits per heavy atom. The lowest BCUT2D eigenvalue weighted by atomic mass is 10.1. The van der Waals surface area contributed by atoms with Gasteiger partial charge in [-0.3, -0.25) is 4.79 Å². The number of aliphatic carboxylic acids is 1. The number of carboxylic acids is 1. The fourth-order valence-corrected chi connectivity index (χ4v) is 4.35. The van der Waals surface area contributed by atoms with Gasteiger partial charge in [0.05, 0.1) is 4.90 Å². The zero-order valence-corrected chi connectivity index (χ0v) is 15.6. The molecule has 0 aliphatic rings. The van der Waals surface area contributed by atoms with Crippen molar-refractivity contribution in [2.75, 3.05) is 6.54 Å². The molecule has 0 spiro atoms. The number of aromatic hydroxyl groups is 1. The van der Waals surface area contributed by atoms with Crippen LogP contribution in [0.3, 0.4) is 0 Å². The SMILES string of the molecule is CCCN([C@@H](Cc1ccc(O)cc1)C(=O)O)S(=O)(=O)c1ccc(C)cc1. The molecule has 0 radical (unpaired) electrons. The molecule has 0 aromatic heterocycles. The second kappa shape index (κ2) is 8.33. The van der Waals surface area contributed by atoms with Crippen LogP contribution >= 0.6 is 0 Å². The summed E-state index contributed by atoms with van der Waals surface area (Å²) in [4.78, 5) is 11.9. The summed E-state index contributed by atoms with van der Waals surface area (Å²) in [6.45, 7) is 3.76. The number of hydrogen-bond donors (Lipinski definition) is 2. The van der Waals surface area contributed by atoms with E-state index in [9.17, 15) is 23.4 Å². The molecule has 0 saturated carbocycles. The van der Waals surface area contributed by atoms with E-state index in [-0.39, 0.29) is 23.6 Å². The largest absolute Gasteiger partial charge is 0.508 e. The van der Waals surface area contributed by atoms with Gasteiger partial charge in [-0.15, -0.1) is 0 Å². The molecule has 0 amide bonds. The van der Waals surface area contributed by atoms with Crippen molar-refractivity contribution in [1.82, 2.24) is 4.31 Å². The van der Waals surface area contributed by atoms with Crippen LogP contribution in [0.25, 0.3) is 0 Å². The van der Waals surface area contributed by atoms with Crippen LogP contribution in [0.15, 0.2) is 53.4 Å². The van der Waals surface area contributed by atoms with Crippen LogP contribution in [0, 0.1) is 6.92 Å². The van der Waals surface area contributed by atoms with E-state index < -0.39 is 22.0 Å². The van der Waals surface area contributed by atoms with Gasteiger partial charge >= 0.3 is 5.97 Å². The van der Waals surface area contributed by atoms with E-state index in [4.69, 9.17) is 0 Å². The molecule has 0 aliphatic carbocycles. The summed E-state index contributed by atoms with van der Waals surface area (Å²) in [6, 6.07) is 11.2. The quantitative estimate of drug-likeness (QED) is 0.738. The van der Waals surface area contributed by atoms with Crippen molar-refractivity contribution < 1.29 is 23.4 Å². The minimum Gasteiger partial charge on any atom is -0.508 e. The fourth-order valence-electron chi connectivity index (χ4n) is 2.68. The first-order chi connectivity index (χ1) is 12.3. The van der Waals surface area contributed by atoms with Crippen molar-refractivity contribution >= 4 is 16.0 Å². The number of carboxylic acid groups (broad SMARTS) is 1. The van der Waals surface area contributed by atoms with Gasteiger partial charge in [0.15, 0.2) is 0 Å². The Morgan fingerprint density at radius 3 is 2.15 bits per heavy atom. The van der Waals surface area contributed by atoms with E-state index in [0.717, 1.165) is 9.87 Å². The van der Waals surface area contributed by atoms with Crippen molar-refractivity contribution in [3.63, 3.8) is 0 Å². The highest BCUT2D eigenvalue weighted by Crippen LogP contribution is 2.22. The molecule has 2 aromatic rings. The smallest absolute Gasteiger partial charge is 0.322 e. The summed E-state index contributed by atoms with van der Waals surface area (Å²) in [5.74, 6) is -1.14. The average Bonchev–Trinajstić information content (AvgIpc) is 2.59. The highest BCUT2D eigenvalue weighted by Gasteiger charge is 2.35. The minimum absolute atomic E-state index is 0.0146. The summed E-state index contributed by atoms with van der Waals surface area (Å²) in [7, 11) is -3.95. The molecule has 0 heterocycles. The van der Waals surface area contributed by atoms with Crippen molar-refractivity contribution in [1.29, 1.82) is 0 Å². The molecule has 0 fully saturated rings. The maximum absolute atomic E-state index is 13.0. The Bertz CT molecular complexity index is 845. The normalized spacial score (nSPS) is 12.9. The Kier molecular flexibility index (Phi) is 6.39. The Labute approximate surface area is 153 Å². The topological polar surface area (TPSA) is 94.9 Å². The van der Waals surface area contributed by atoms with Crippen molar-refractivity contribution in [3.8, 4) is 5.75 Å². The number of nitrogens with zero attached hydrogens (tertiary/aromatic N) is 1. The van der Waals surface area contributed by atoms with Gasteiger partial charge in [-0.25, -0.2) is 8.42 Å². The third kappa shape index (κ3) is 4.62. The third-order valence-electron chi connectivity index (χ3n) is 4.07. The molecule has 2 aromatic carbocycles. The predicted octanol–water partition coefficient (Wildman–Crippen LogP) is 2.80. The molecule has 7 heteroatoms. The lowest BCUT2D eigenvalue weighted by Gasteiger charge is -2.28. The van der Waals surface area contributed by atoms with Gasteiger partial charge in [-0.1, -0.05) is 36.8 Å². The Hall–Kier alpha value is -2.38. The summed E-state index contributed by atoms with van der Waals surface area (Å²) >= 11 is 0. The number of aryl methyl sites for hydroxylation is 1. The van der Waals surface area contributed by atoms with Gasteiger partial charge in [0.2, 0.25) is 10.0 Å². The van der Waals surface area contributed by atoms with Gasteiger partial charge < -0.3 is 10.2 Å². The molecule has 0 saturated heterocycles. The molecule has 26 heavy (non-hydrogen) atoms. The lowest BCUT2D eigenvalue weighted by molar-refractivity contribution is -0.141. The number of rotatable bonds is 8.